The molecular weight excluding hydrogens is 341 g/mol. The summed E-state index contributed by atoms with van der Waals surface area (Å²) in [6, 6.07) is 2.30. The van der Waals surface area contributed by atoms with Gasteiger partial charge in [0.1, 0.15) is 5.75 Å². The lowest BCUT2D eigenvalue weighted by Crippen LogP contribution is -2.07. The van der Waals surface area contributed by atoms with Gasteiger partial charge in [0.05, 0.1) is 12.7 Å². The molecule has 0 saturated heterocycles. The van der Waals surface area contributed by atoms with E-state index in [4.69, 9.17) is 4.74 Å². The molecule has 0 saturated carbocycles. The standard InChI is InChI=1S/C9H7Br2F3O/c1-15-7-3-2-6(9(12,13)14)8(11)5(7)4-10/h2-3H,4H2,1H3. The van der Waals surface area contributed by atoms with E-state index < -0.39 is 11.7 Å². The van der Waals surface area contributed by atoms with E-state index in [-0.39, 0.29) is 4.47 Å². The molecule has 0 spiro atoms. The van der Waals surface area contributed by atoms with Crippen molar-refractivity contribution in [3.63, 3.8) is 0 Å². The summed E-state index contributed by atoms with van der Waals surface area (Å²) in [4.78, 5) is 0. The molecule has 1 rings (SSSR count). The predicted octanol–water partition coefficient (Wildman–Crippen LogP) is 4.37. The SMILES string of the molecule is COc1ccc(C(F)(F)F)c(Br)c1CBr. The topological polar surface area (TPSA) is 9.23 Å². The van der Waals surface area contributed by atoms with Crippen molar-refractivity contribution in [3.05, 3.63) is 27.7 Å². The molecule has 1 aromatic carbocycles. The first kappa shape index (κ1) is 12.8. The fourth-order valence-corrected chi connectivity index (χ4v) is 2.76. The van der Waals surface area contributed by atoms with Crippen LogP contribution >= 0.6 is 31.9 Å². The second kappa shape index (κ2) is 4.74. The number of halogens is 5. The minimum absolute atomic E-state index is 0.0197. The van der Waals surface area contributed by atoms with Crippen molar-refractivity contribution in [2.45, 2.75) is 11.5 Å². The molecule has 0 unspecified atom stereocenters. The molecule has 0 radical (unpaired) electrons. The van der Waals surface area contributed by atoms with E-state index in [9.17, 15) is 13.2 Å². The first-order valence-corrected chi connectivity index (χ1v) is 5.81. The van der Waals surface area contributed by atoms with Gasteiger partial charge >= 0.3 is 6.18 Å². The Bertz CT molecular complexity index is 363. The molecule has 6 heteroatoms. The van der Waals surface area contributed by atoms with Crippen molar-refractivity contribution >= 4 is 31.9 Å². The lowest BCUT2D eigenvalue weighted by molar-refractivity contribution is -0.138. The summed E-state index contributed by atoms with van der Waals surface area (Å²) in [6.07, 6.45) is -4.36. The molecule has 15 heavy (non-hydrogen) atoms. The van der Waals surface area contributed by atoms with Gasteiger partial charge in [-0.1, -0.05) is 15.9 Å². The van der Waals surface area contributed by atoms with Gasteiger partial charge in [-0.25, -0.2) is 0 Å². The normalized spacial score (nSPS) is 11.6. The summed E-state index contributed by atoms with van der Waals surface area (Å²) in [5, 5.41) is 0.292. The summed E-state index contributed by atoms with van der Waals surface area (Å²) in [7, 11) is 1.42. The molecule has 1 nitrogen and oxygen atoms in total. The molecule has 0 amide bonds. The van der Waals surface area contributed by atoms with Gasteiger partial charge in [-0.3, -0.25) is 0 Å². The fourth-order valence-electron chi connectivity index (χ4n) is 1.14. The number of benzene rings is 1. The Kier molecular flexibility index (Phi) is 4.06. The maximum Gasteiger partial charge on any atom is 0.417 e. The highest BCUT2D eigenvalue weighted by molar-refractivity contribution is 9.10. The zero-order valence-electron chi connectivity index (χ0n) is 7.66. The molecule has 0 atom stereocenters. The van der Waals surface area contributed by atoms with Crippen LogP contribution in [0.25, 0.3) is 0 Å². The molecule has 0 aliphatic carbocycles. The largest absolute Gasteiger partial charge is 0.496 e. The van der Waals surface area contributed by atoms with Crippen molar-refractivity contribution in [2.75, 3.05) is 7.11 Å². The zero-order valence-corrected chi connectivity index (χ0v) is 10.8. The Labute approximate surface area is 102 Å². The number of hydrogen-bond acceptors (Lipinski definition) is 1. The fraction of sp³-hybridized carbons (Fsp3) is 0.333. The van der Waals surface area contributed by atoms with Crippen molar-refractivity contribution in [1.82, 2.24) is 0 Å². The molecule has 0 N–H and O–H groups in total. The van der Waals surface area contributed by atoms with Gasteiger partial charge in [-0.15, -0.1) is 0 Å². The average molecular weight is 348 g/mol. The van der Waals surface area contributed by atoms with Gasteiger partial charge in [0.25, 0.3) is 0 Å². The van der Waals surface area contributed by atoms with Crippen LogP contribution in [-0.4, -0.2) is 7.11 Å². The third-order valence-electron chi connectivity index (χ3n) is 1.86. The van der Waals surface area contributed by atoms with Crippen LogP contribution in [-0.2, 0) is 11.5 Å². The monoisotopic (exact) mass is 346 g/mol. The number of alkyl halides is 4. The zero-order chi connectivity index (χ0) is 11.6. The van der Waals surface area contributed by atoms with Crippen molar-refractivity contribution in [1.29, 1.82) is 0 Å². The minimum atomic E-state index is -4.36. The Hall–Kier alpha value is -0.230. The minimum Gasteiger partial charge on any atom is -0.496 e. The second-order valence-electron chi connectivity index (χ2n) is 2.74. The smallest absolute Gasteiger partial charge is 0.417 e. The molecular formula is C9H7Br2F3O. The summed E-state index contributed by atoms with van der Waals surface area (Å²) < 4.78 is 42.5. The lowest BCUT2D eigenvalue weighted by atomic mass is 10.1. The third kappa shape index (κ3) is 2.66. The maximum atomic E-state index is 12.5. The number of rotatable bonds is 2. The molecule has 0 aliphatic rings. The van der Waals surface area contributed by atoms with Crippen LogP contribution in [0.5, 0.6) is 5.75 Å². The van der Waals surface area contributed by atoms with Crippen LogP contribution in [0.4, 0.5) is 13.2 Å². The molecule has 0 heterocycles. The van der Waals surface area contributed by atoms with Crippen molar-refractivity contribution in [2.24, 2.45) is 0 Å². The molecule has 84 valence electrons. The van der Waals surface area contributed by atoms with Gasteiger partial charge in [0, 0.05) is 15.4 Å². The van der Waals surface area contributed by atoms with Gasteiger partial charge in [-0.2, -0.15) is 13.2 Å². The Balaban J connectivity index is 3.36. The van der Waals surface area contributed by atoms with Crippen LogP contribution in [0.1, 0.15) is 11.1 Å². The number of ether oxygens (including phenoxy) is 1. The third-order valence-corrected chi connectivity index (χ3v) is 3.33. The van der Waals surface area contributed by atoms with Gasteiger partial charge in [-0.05, 0) is 28.1 Å². The van der Waals surface area contributed by atoms with Gasteiger partial charge in [0.15, 0.2) is 0 Å². The van der Waals surface area contributed by atoms with E-state index in [0.717, 1.165) is 6.07 Å². The Morgan fingerprint density at radius 2 is 1.93 bits per heavy atom. The maximum absolute atomic E-state index is 12.5. The highest BCUT2D eigenvalue weighted by atomic mass is 79.9. The summed E-state index contributed by atoms with van der Waals surface area (Å²) in [5.41, 5.74) is -0.245. The van der Waals surface area contributed by atoms with E-state index in [1.165, 1.54) is 13.2 Å². The first-order valence-electron chi connectivity index (χ1n) is 3.90. The van der Waals surface area contributed by atoms with E-state index in [2.05, 4.69) is 31.9 Å². The highest BCUT2D eigenvalue weighted by Crippen LogP contribution is 2.40. The predicted molar refractivity (Wildman–Crippen MR) is 58.3 cm³/mol. The average Bonchev–Trinajstić information content (AvgIpc) is 2.15. The Morgan fingerprint density at radius 1 is 1.33 bits per heavy atom. The molecule has 0 bridgehead atoms. The van der Waals surface area contributed by atoms with E-state index >= 15 is 0 Å². The van der Waals surface area contributed by atoms with Crippen LogP contribution in [0.15, 0.2) is 16.6 Å². The van der Waals surface area contributed by atoms with E-state index in [1.54, 1.807) is 0 Å². The number of methoxy groups -OCH3 is 1. The summed E-state index contributed by atoms with van der Waals surface area (Å²) in [6.45, 7) is 0. The van der Waals surface area contributed by atoms with Crippen molar-refractivity contribution in [3.8, 4) is 5.75 Å². The summed E-state index contributed by atoms with van der Waals surface area (Å²) >= 11 is 6.06. The quantitative estimate of drug-likeness (QED) is 0.722. The van der Waals surface area contributed by atoms with E-state index in [0.29, 0.717) is 16.6 Å². The number of hydrogen-bond donors (Lipinski definition) is 0. The second-order valence-corrected chi connectivity index (χ2v) is 4.09. The van der Waals surface area contributed by atoms with Crippen LogP contribution in [0.2, 0.25) is 0 Å². The molecule has 0 aliphatic heterocycles. The van der Waals surface area contributed by atoms with Crippen molar-refractivity contribution < 1.29 is 17.9 Å². The summed E-state index contributed by atoms with van der Waals surface area (Å²) in [5.74, 6) is 0.423. The Morgan fingerprint density at radius 3 is 2.33 bits per heavy atom. The highest BCUT2D eigenvalue weighted by Gasteiger charge is 2.34. The first-order chi connectivity index (χ1) is 6.91. The van der Waals surface area contributed by atoms with Crippen LogP contribution < -0.4 is 4.74 Å². The lowest BCUT2D eigenvalue weighted by Gasteiger charge is -2.14. The van der Waals surface area contributed by atoms with E-state index in [1.807, 2.05) is 0 Å². The molecule has 1 aromatic rings. The molecule has 0 aromatic heterocycles. The molecule has 0 fully saturated rings. The van der Waals surface area contributed by atoms with Gasteiger partial charge in [0.2, 0.25) is 0 Å². The van der Waals surface area contributed by atoms with Crippen LogP contribution in [0.3, 0.4) is 0 Å². The van der Waals surface area contributed by atoms with Gasteiger partial charge < -0.3 is 4.74 Å². The van der Waals surface area contributed by atoms with Crippen LogP contribution in [0, 0.1) is 0 Å².